The fourth-order valence-corrected chi connectivity index (χ4v) is 1.64. The molecule has 2 aromatic carbocycles. The van der Waals surface area contributed by atoms with Crippen LogP contribution in [0.25, 0.3) is 0 Å². The Bertz CT molecular complexity index is 594. The van der Waals surface area contributed by atoms with Gasteiger partial charge in [-0.3, -0.25) is 0 Å². The molecule has 0 aliphatic rings. The van der Waals surface area contributed by atoms with Crippen molar-refractivity contribution in [1.82, 2.24) is 0 Å². The van der Waals surface area contributed by atoms with Crippen LogP contribution in [-0.4, -0.2) is 5.11 Å². The van der Waals surface area contributed by atoms with Crippen LogP contribution in [0.5, 0.6) is 0 Å². The van der Waals surface area contributed by atoms with Gasteiger partial charge in [0.05, 0.1) is 0 Å². The molecule has 0 aromatic heterocycles. The van der Waals surface area contributed by atoms with E-state index < -0.39 is 6.10 Å². The standard InChI is InChI=1S/C16H13NO2/c18-16(11-8-13-4-2-1-3-5-13)15-9-6-14(7-10-15)12-17-19/h1-7,9-10,16,18H,12H2. The molecule has 0 heterocycles. The molecule has 1 N–H and O–H groups in total. The summed E-state index contributed by atoms with van der Waals surface area (Å²) in [4.78, 5) is 10.1. The molecule has 3 heteroatoms. The summed E-state index contributed by atoms with van der Waals surface area (Å²) in [5, 5.41) is 12.8. The fraction of sp³-hybridized carbons (Fsp3) is 0.125. The van der Waals surface area contributed by atoms with Gasteiger partial charge in [-0.05, 0) is 23.3 Å². The third kappa shape index (κ3) is 3.77. The average Bonchev–Trinajstić information content (AvgIpc) is 2.47. The summed E-state index contributed by atoms with van der Waals surface area (Å²) in [6.45, 7) is 0.145. The van der Waals surface area contributed by atoms with E-state index in [1.54, 1.807) is 24.3 Å². The molecule has 0 fully saturated rings. The zero-order valence-electron chi connectivity index (χ0n) is 10.3. The third-order valence-corrected chi connectivity index (χ3v) is 2.67. The van der Waals surface area contributed by atoms with Gasteiger partial charge in [-0.15, -0.1) is 0 Å². The minimum Gasteiger partial charge on any atom is -0.376 e. The molecule has 94 valence electrons. The number of rotatable bonds is 3. The van der Waals surface area contributed by atoms with E-state index in [4.69, 9.17) is 0 Å². The zero-order valence-corrected chi connectivity index (χ0v) is 10.3. The van der Waals surface area contributed by atoms with Crippen LogP contribution in [0, 0.1) is 16.7 Å². The molecule has 3 nitrogen and oxygen atoms in total. The van der Waals surface area contributed by atoms with Crippen LogP contribution in [0.3, 0.4) is 0 Å². The largest absolute Gasteiger partial charge is 0.376 e. The molecule has 0 bridgehead atoms. The molecule has 19 heavy (non-hydrogen) atoms. The summed E-state index contributed by atoms with van der Waals surface area (Å²) in [5.74, 6) is 5.70. The van der Waals surface area contributed by atoms with Gasteiger partial charge in [0, 0.05) is 5.56 Å². The van der Waals surface area contributed by atoms with Gasteiger partial charge in [-0.25, -0.2) is 0 Å². The van der Waals surface area contributed by atoms with Crippen LogP contribution in [0.1, 0.15) is 22.8 Å². The van der Waals surface area contributed by atoms with Crippen molar-refractivity contribution in [2.45, 2.75) is 12.6 Å². The second-order valence-corrected chi connectivity index (χ2v) is 4.07. The maximum absolute atomic E-state index is 10.1. The van der Waals surface area contributed by atoms with Gasteiger partial charge in [-0.1, -0.05) is 59.5 Å². The first-order valence-electron chi connectivity index (χ1n) is 5.92. The highest BCUT2D eigenvalue weighted by atomic mass is 16.3. The van der Waals surface area contributed by atoms with Crippen LogP contribution in [0.4, 0.5) is 0 Å². The van der Waals surface area contributed by atoms with Crippen molar-refractivity contribution >= 4 is 0 Å². The van der Waals surface area contributed by atoms with E-state index in [1.165, 1.54) is 0 Å². The lowest BCUT2D eigenvalue weighted by molar-refractivity contribution is 0.238. The maximum atomic E-state index is 10.1. The maximum Gasteiger partial charge on any atom is 0.140 e. The molecule has 0 radical (unpaired) electrons. The van der Waals surface area contributed by atoms with Gasteiger partial charge in [0.25, 0.3) is 0 Å². The second-order valence-electron chi connectivity index (χ2n) is 4.07. The number of nitroso groups, excluding NO2 is 1. The lowest BCUT2D eigenvalue weighted by Gasteiger charge is -2.04. The Balaban J connectivity index is 2.10. The molecule has 0 aliphatic heterocycles. The summed E-state index contributed by atoms with van der Waals surface area (Å²) in [6, 6.07) is 16.5. The lowest BCUT2D eigenvalue weighted by atomic mass is 10.1. The van der Waals surface area contributed by atoms with Crippen LogP contribution < -0.4 is 0 Å². The molecule has 0 saturated carbocycles. The Morgan fingerprint density at radius 1 is 1.05 bits per heavy atom. The van der Waals surface area contributed by atoms with Crippen molar-refractivity contribution in [2.24, 2.45) is 5.18 Å². The number of nitrogens with zero attached hydrogens (tertiary/aromatic N) is 1. The number of aliphatic hydroxyl groups excluding tert-OH is 1. The van der Waals surface area contributed by atoms with Crippen molar-refractivity contribution in [1.29, 1.82) is 0 Å². The number of hydrogen-bond acceptors (Lipinski definition) is 3. The van der Waals surface area contributed by atoms with E-state index in [2.05, 4.69) is 17.0 Å². The Hall–Kier alpha value is -2.44. The fourth-order valence-electron chi connectivity index (χ4n) is 1.64. The van der Waals surface area contributed by atoms with E-state index in [1.807, 2.05) is 30.3 Å². The summed E-state index contributed by atoms with van der Waals surface area (Å²) in [6.07, 6.45) is -0.835. The van der Waals surface area contributed by atoms with Crippen molar-refractivity contribution in [3.63, 3.8) is 0 Å². The Morgan fingerprint density at radius 2 is 1.74 bits per heavy atom. The first-order chi connectivity index (χ1) is 9.29. The molecule has 0 aliphatic carbocycles. The van der Waals surface area contributed by atoms with Crippen molar-refractivity contribution in [3.05, 3.63) is 76.2 Å². The summed E-state index contributed by atoms with van der Waals surface area (Å²) in [5.41, 5.74) is 2.39. The van der Waals surface area contributed by atoms with E-state index >= 15 is 0 Å². The van der Waals surface area contributed by atoms with Gasteiger partial charge in [0.1, 0.15) is 12.6 Å². The van der Waals surface area contributed by atoms with Gasteiger partial charge in [0.2, 0.25) is 0 Å². The zero-order chi connectivity index (χ0) is 13.5. The molecule has 0 saturated heterocycles. The number of aliphatic hydroxyl groups is 1. The Labute approximate surface area is 111 Å². The van der Waals surface area contributed by atoms with E-state index in [0.717, 1.165) is 11.1 Å². The topological polar surface area (TPSA) is 49.7 Å². The predicted molar refractivity (Wildman–Crippen MR) is 74.2 cm³/mol. The van der Waals surface area contributed by atoms with Crippen molar-refractivity contribution < 1.29 is 5.11 Å². The van der Waals surface area contributed by atoms with E-state index in [-0.39, 0.29) is 6.54 Å². The third-order valence-electron chi connectivity index (χ3n) is 2.67. The quantitative estimate of drug-likeness (QED) is 0.673. The highest BCUT2D eigenvalue weighted by Gasteiger charge is 2.03. The van der Waals surface area contributed by atoms with Crippen molar-refractivity contribution in [2.75, 3.05) is 0 Å². The number of benzene rings is 2. The lowest BCUT2D eigenvalue weighted by Crippen LogP contribution is -1.94. The first kappa shape index (κ1) is 13.0. The number of hydrogen-bond donors (Lipinski definition) is 1. The van der Waals surface area contributed by atoms with Crippen molar-refractivity contribution in [3.8, 4) is 11.8 Å². The van der Waals surface area contributed by atoms with E-state index in [0.29, 0.717) is 5.56 Å². The average molecular weight is 251 g/mol. The molecule has 2 rings (SSSR count). The van der Waals surface area contributed by atoms with E-state index in [9.17, 15) is 10.0 Å². The molecular weight excluding hydrogens is 238 g/mol. The first-order valence-corrected chi connectivity index (χ1v) is 5.92. The summed E-state index contributed by atoms with van der Waals surface area (Å²) in [7, 11) is 0. The molecule has 0 spiro atoms. The van der Waals surface area contributed by atoms with Gasteiger partial charge in [0.15, 0.2) is 0 Å². The van der Waals surface area contributed by atoms with Crippen LogP contribution in [-0.2, 0) is 6.54 Å². The minimum absolute atomic E-state index is 0.145. The Kier molecular flexibility index (Phi) is 4.44. The molecule has 1 unspecified atom stereocenters. The molecule has 2 aromatic rings. The predicted octanol–water partition coefficient (Wildman–Crippen LogP) is 3.04. The van der Waals surface area contributed by atoms with Gasteiger partial charge < -0.3 is 5.11 Å². The van der Waals surface area contributed by atoms with Gasteiger partial charge >= 0.3 is 0 Å². The highest BCUT2D eigenvalue weighted by Crippen LogP contribution is 2.13. The second kappa shape index (κ2) is 6.48. The van der Waals surface area contributed by atoms with Crippen LogP contribution >= 0.6 is 0 Å². The minimum atomic E-state index is -0.835. The Morgan fingerprint density at radius 3 is 2.37 bits per heavy atom. The summed E-state index contributed by atoms with van der Waals surface area (Å²) >= 11 is 0. The smallest absolute Gasteiger partial charge is 0.140 e. The molecular formula is C16H13NO2. The SMILES string of the molecule is O=NCc1ccc(C(O)C#Cc2ccccc2)cc1. The van der Waals surface area contributed by atoms with Gasteiger partial charge in [-0.2, -0.15) is 4.91 Å². The molecule has 0 amide bonds. The molecule has 1 atom stereocenters. The highest BCUT2D eigenvalue weighted by molar-refractivity contribution is 5.37. The van der Waals surface area contributed by atoms with Crippen LogP contribution in [0.2, 0.25) is 0 Å². The normalized spacial score (nSPS) is 11.2. The van der Waals surface area contributed by atoms with Crippen LogP contribution in [0.15, 0.2) is 59.8 Å². The summed E-state index contributed by atoms with van der Waals surface area (Å²) < 4.78 is 0. The monoisotopic (exact) mass is 251 g/mol.